The molecule has 2 rings (SSSR count). The van der Waals surface area contributed by atoms with Crippen LogP contribution < -0.4 is 0 Å². The van der Waals surface area contributed by atoms with Crippen LogP contribution in [0.4, 0.5) is 0 Å². The molecule has 16 heavy (non-hydrogen) atoms. The van der Waals surface area contributed by atoms with Gasteiger partial charge in [-0.1, -0.05) is 18.6 Å². The Balaban J connectivity index is 1.73. The Bertz CT molecular complexity index is 282. The molecule has 0 N–H and O–H groups in total. The Morgan fingerprint density at radius 2 is 2.25 bits per heavy atom. The Morgan fingerprint density at radius 3 is 2.94 bits per heavy atom. The maximum atomic E-state index is 11.4. The van der Waals surface area contributed by atoms with E-state index in [-0.39, 0.29) is 5.92 Å². The number of nitrogens with zero attached hydrogens (tertiary/aromatic N) is 1. The van der Waals surface area contributed by atoms with Crippen molar-refractivity contribution in [2.45, 2.75) is 45.4 Å². The van der Waals surface area contributed by atoms with Crippen LogP contribution in [0.5, 0.6) is 0 Å². The van der Waals surface area contributed by atoms with Crippen molar-refractivity contribution >= 4 is 5.78 Å². The Morgan fingerprint density at radius 1 is 1.38 bits per heavy atom. The first-order valence-corrected chi connectivity index (χ1v) is 6.68. The highest BCUT2D eigenvalue weighted by Gasteiger charge is 2.22. The molecule has 2 nitrogen and oxygen atoms in total. The summed E-state index contributed by atoms with van der Waals surface area (Å²) >= 11 is 0. The van der Waals surface area contributed by atoms with Gasteiger partial charge in [-0.15, -0.1) is 0 Å². The second-order valence-electron chi connectivity index (χ2n) is 5.28. The lowest BCUT2D eigenvalue weighted by Crippen LogP contribution is -2.40. The molecule has 1 fully saturated rings. The van der Waals surface area contributed by atoms with E-state index in [2.05, 4.69) is 17.9 Å². The summed E-state index contributed by atoms with van der Waals surface area (Å²) in [5, 5.41) is 0. The van der Waals surface area contributed by atoms with Gasteiger partial charge in [-0.2, -0.15) is 0 Å². The van der Waals surface area contributed by atoms with Gasteiger partial charge in [-0.3, -0.25) is 4.79 Å². The average Bonchev–Trinajstić information content (AvgIpc) is 2.32. The van der Waals surface area contributed by atoms with E-state index < -0.39 is 0 Å². The maximum Gasteiger partial charge on any atom is 0.138 e. The van der Waals surface area contributed by atoms with Crippen molar-refractivity contribution in [3.8, 4) is 0 Å². The van der Waals surface area contributed by atoms with E-state index in [0.717, 1.165) is 26.1 Å². The normalized spacial score (nSPS) is 27.9. The molecule has 0 aromatic rings. The van der Waals surface area contributed by atoms with Crippen LogP contribution in [0, 0.1) is 5.92 Å². The quantitative estimate of drug-likeness (QED) is 0.683. The number of Topliss-reactive ketones (excluding diaryl/α,β-unsaturated/α-hetero) is 1. The molecule has 1 atom stereocenters. The van der Waals surface area contributed by atoms with Crippen LogP contribution in [-0.2, 0) is 4.79 Å². The van der Waals surface area contributed by atoms with Gasteiger partial charge in [0.25, 0.3) is 0 Å². The molecular weight excluding hydrogens is 198 g/mol. The molecule has 1 aliphatic carbocycles. The molecule has 2 aliphatic rings. The number of carbonyl (C=O) groups excluding carboxylic acids is 1. The Hall–Kier alpha value is -0.630. The summed E-state index contributed by atoms with van der Waals surface area (Å²) in [5.74, 6) is 0.710. The van der Waals surface area contributed by atoms with Crippen molar-refractivity contribution in [3.05, 3.63) is 11.6 Å². The van der Waals surface area contributed by atoms with E-state index in [9.17, 15) is 4.79 Å². The molecule has 0 amide bonds. The Kier molecular flexibility index (Phi) is 4.16. The van der Waals surface area contributed by atoms with Crippen LogP contribution in [0.3, 0.4) is 0 Å². The van der Waals surface area contributed by atoms with Gasteiger partial charge >= 0.3 is 0 Å². The van der Waals surface area contributed by atoms with Crippen LogP contribution in [0.1, 0.15) is 45.4 Å². The van der Waals surface area contributed by atoms with Gasteiger partial charge in [0.1, 0.15) is 5.78 Å². The van der Waals surface area contributed by atoms with Crippen LogP contribution in [-0.4, -0.2) is 30.3 Å². The van der Waals surface area contributed by atoms with Gasteiger partial charge in [0.05, 0.1) is 0 Å². The van der Waals surface area contributed by atoms with Crippen LogP contribution in [0.15, 0.2) is 11.6 Å². The van der Waals surface area contributed by atoms with Gasteiger partial charge in [0, 0.05) is 32.0 Å². The van der Waals surface area contributed by atoms with Crippen molar-refractivity contribution < 1.29 is 4.79 Å². The smallest absolute Gasteiger partial charge is 0.138 e. The molecule has 1 saturated heterocycles. The van der Waals surface area contributed by atoms with Crippen LogP contribution in [0.2, 0.25) is 0 Å². The van der Waals surface area contributed by atoms with Gasteiger partial charge in [0.15, 0.2) is 0 Å². The van der Waals surface area contributed by atoms with Gasteiger partial charge in [-0.25, -0.2) is 0 Å². The minimum absolute atomic E-state index is 0.258. The Labute approximate surface area is 98.7 Å². The third-order valence-corrected chi connectivity index (χ3v) is 3.89. The molecular formula is C14H23NO. The lowest BCUT2D eigenvalue weighted by molar-refractivity contribution is -0.125. The molecule has 0 radical (unpaired) electrons. The summed E-state index contributed by atoms with van der Waals surface area (Å²) in [6.07, 6.45) is 9.76. The zero-order chi connectivity index (χ0) is 11.4. The van der Waals surface area contributed by atoms with Crippen molar-refractivity contribution in [3.63, 3.8) is 0 Å². The summed E-state index contributed by atoms with van der Waals surface area (Å²) in [6.45, 7) is 5.18. The molecule has 0 saturated carbocycles. The van der Waals surface area contributed by atoms with Crippen LogP contribution >= 0.6 is 0 Å². The fourth-order valence-electron chi connectivity index (χ4n) is 2.73. The van der Waals surface area contributed by atoms with Crippen molar-refractivity contribution in [1.29, 1.82) is 0 Å². The third kappa shape index (κ3) is 3.18. The molecule has 0 aromatic heterocycles. The zero-order valence-electron chi connectivity index (χ0n) is 10.4. The van der Waals surface area contributed by atoms with Crippen molar-refractivity contribution in [1.82, 2.24) is 4.90 Å². The average molecular weight is 221 g/mol. The highest BCUT2D eigenvalue weighted by molar-refractivity contribution is 5.81. The molecule has 0 aromatic carbocycles. The van der Waals surface area contributed by atoms with E-state index in [1.165, 1.54) is 32.1 Å². The first-order valence-electron chi connectivity index (χ1n) is 6.68. The molecule has 1 unspecified atom stereocenters. The second-order valence-corrected chi connectivity index (χ2v) is 5.28. The van der Waals surface area contributed by atoms with Gasteiger partial charge in [-0.05, 0) is 32.1 Å². The number of likely N-dealkylation sites (tertiary alicyclic amines) is 1. The first-order chi connectivity index (χ1) is 7.75. The van der Waals surface area contributed by atoms with E-state index in [0.29, 0.717) is 5.78 Å². The molecule has 90 valence electrons. The highest BCUT2D eigenvalue weighted by atomic mass is 16.1. The number of carbonyl (C=O) groups is 1. The zero-order valence-corrected chi connectivity index (χ0v) is 10.4. The monoisotopic (exact) mass is 221 g/mol. The predicted octanol–water partition coefficient (Wildman–Crippen LogP) is 2.79. The summed E-state index contributed by atoms with van der Waals surface area (Å²) in [4.78, 5) is 13.9. The minimum Gasteiger partial charge on any atom is -0.302 e. The topological polar surface area (TPSA) is 20.3 Å². The van der Waals surface area contributed by atoms with E-state index in [1.807, 2.05) is 0 Å². The van der Waals surface area contributed by atoms with Crippen LogP contribution in [0.25, 0.3) is 0 Å². The highest BCUT2D eigenvalue weighted by Crippen LogP contribution is 2.21. The number of hydrogen-bond acceptors (Lipinski definition) is 2. The summed E-state index contributed by atoms with van der Waals surface area (Å²) in [7, 11) is 0. The van der Waals surface area contributed by atoms with E-state index >= 15 is 0 Å². The van der Waals surface area contributed by atoms with E-state index in [4.69, 9.17) is 0 Å². The summed E-state index contributed by atoms with van der Waals surface area (Å²) < 4.78 is 0. The standard InChI is InChI=1S/C14H23NO/c1-12-11-15(10-8-14(12)16)9-7-13-5-3-2-4-6-13/h5,12H,2-4,6-11H2,1H3. The van der Waals surface area contributed by atoms with Crippen molar-refractivity contribution in [2.24, 2.45) is 5.92 Å². The lowest BCUT2D eigenvalue weighted by Gasteiger charge is -2.30. The van der Waals surface area contributed by atoms with E-state index in [1.54, 1.807) is 5.57 Å². The maximum absolute atomic E-state index is 11.4. The fourth-order valence-corrected chi connectivity index (χ4v) is 2.73. The predicted molar refractivity (Wildman–Crippen MR) is 66.4 cm³/mol. The molecule has 1 aliphatic heterocycles. The molecule has 0 spiro atoms. The number of hydrogen-bond donors (Lipinski definition) is 0. The van der Waals surface area contributed by atoms with Gasteiger partial charge < -0.3 is 4.90 Å². The third-order valence-electron chi connectivity index (χ3n) is 3.89. The fraction of sp³-hybridized carbons (Fsp3) is 0.786. The number of allylic oxidation sites excluding steroid dienone is 1. The minimum atomic E-state index is 0.258. The largest absolute Gasteiger partial charge is 0.302 e. The van der Waals surface area contributed by atoms with Crippen molar-refractivity contribution in [2.75, 3.05) is 19.6 Å². The lowest BCUT2D eigenvalue weighted by atomic mass is 9.95. The molecule has 1 heterocycles. The summed E-state index contributed by atoms with van der Waals surface area (Å²) in [5.41, 5.74) is 1.65. The first kappa shape index (κ1) is 11.8. The number of rotatable bonds is 3. The number of piperidine rings is 1. The molecule has 0 bridgehead atoms. The number of ketones is 1. The summed E-state index contributed by atoms with van der Waals surface area (Å²) in [6, 6.07) is 0. The second kappa shape index (κ2) is 5.62. The molecule has 2 heteroatoms. The van der Waals surface area contributed by atoms with Gasteiger partial charge in [0.2, 0.25) is 0 Å². The SMILES string of the molecule is CC1CN(CCC2=CCCCC2)CCC1=O.